The van der Waals surface area contributed by atoms with Crippen LogP contribution in [0.4, 0.5) is 10.3 Å². The molecule has 10 heteroatoms. The van der Waals surface area contributed by atoms with Crippen molar-refractivity contribution in [3.8, 4) is 5.69 Å². The highest BCUT2D eigenvalue weighted by Gasteiger charge is 2.22. The first-order chi connectivity index (χ1) is 15.2. The van der Waals surface area contributed by atoms with E-state index < -0.39 is 0 Å². The van der Waals surface area contributed by atoms with Gasteiger partial charge in [0.05, 0.1) is 35.6 Å². The molecule has 0 aliphatic carbocycles. The van der Waals surface area contributed by atoms with Crippen LogP contribution < -0.4 is 10.5 Å². The van der Waals surface area contributed by atoms with Crippen molar-refractivity contribution >= 4 is 28.6 Å². The molecule has 1 N–H and O–H groups in total. The molecule has 31 heavy (non-hydrogen) atoms. The van der Waals surface area contributed by atoms with Gasteiger partial charge >= 0.3 is 0 Å². The number of H-pyrrole nitrogens is 1. The van der Waals surface area contributed by atoms with Crippen LogP contribution in [0.15, 0.2) is 58.5 Å². The maximum atomic E-state index is 14.0. The minimum atomic E-state index is -0.337. The number of hydrogen-bond acceptors (Lipinski definition) is 7. The third kappa shape index (κ3) is 4.04. The fourth-order valence-corrected chi connectivity index (χ4v) is 4.32. The van der Waals surface area contributed by atoms with Crippen molar-refractivity contribution < 1.29 is 9.13 Å². The maximum absolute atomic E-state index is 14.0. The van der Waals surface area contributed by atoms with E-state index in [0.717, 1.165) is 0 Å². The summed E-state index contributed by atoms with van der Waals surface area (Å²) in [5.74, 6) is 1.22. The van der Waals surface area contributed by atoms with E-state index in [2.05, 4.69) is 25.1 Å². The number of halogens is 1. The molecule has 0 spiro atoms. The number of morpholine rings is 1. The normalized spacial score (nSPS) is 14.3. The molecule has 158 valence electrons. The standard InChI is InChI=1S/C21H19FN6O2S/c22-14-4-3-5-15(12-14)28-20(27-8-10-30-11-9-27)25-26-21(28)31-13-18-23-17-7-2-1-6-16(17)19(29)24-18/h1-7,12H,8-11,13H2,(H,23,24,29). The number of nitrogens with one attached hydrogen (secondary N) is 1. The summed E-state index contributed by atoms with van der Waals surface area (Å²) in [6.07, 6.45) is 0. The van der Waals surface area contributed by atoms with Gasteiger partial charge in [0.2, 0.25) is 5.95 Å². The predicted octanol–water partition coefficient (Wildman–Crippen LogP) is 2.77. The van der Waals surface area contributed by atoms with Gasteiger partial charge in [0.1, 0.15) is 11.6 Å². The molecule has 2 aromatic heterocycles. The van der Waals surface area contributed by atoms with Gasteiger partial charge in [-0.25, -0.2) is 9.37 Å². The van der Waals surface area contributed by atoms with Crippen LogP contribution in [0.3, 0.4) is 0 Å². The number of aromatic nitrogens is 5. The molecule has 4 aromatic rings. The number of hydrogen-bond donors (Lipinski definition) is 1. The Morgan fingerprint density at radius 2 is 1.94 bits per heavy atom. The molecular weight excluding hydrogens is 419 g/mol. The van der Waals surface area contributed by atoms with Gasteiger partial charge in [-0.1, -0.05) is 30.0 Å². The molecule has 2 aromatic carbocycles. The fourth-order valence-electron chi connectivity index (χ4n) is 3.50. The Morgan fingerprint density at radius 3 is 2.77 bits per heavy atom. The monoisotopic (exact) mass is 438 g/mol. The molecule has 1 aliphatic heterocycles. The average Bonchev–Trinajstić information content (AvgIpc) is 3.22. The zero-order valence-electron chi connectivity index (χ0n) is 16.5. The highest BCUT2D eigenvalue weighted by molar-refractivity contribution is 7.98. The molecule has 1 fully saturated rings. The highest BCUT2D eigenvalue weighted by atomic mass is 32.2. The number of anilines is 1. The van der Waals surface area contributed by atoms with Crippen molar-refractivity contribution in [3.05, 3.63) is 70.5 Å². The summed E-state index contributed by atoms with van der Waals surface area (Å²) < 4.78 is 21.2. The van der Waals surface area contributed by atoms with Crippen LogP contribution in [-0.2, 0) is 10.5 Å². The van der Waals surface area contributed by atoms with Gasteiger partial charge in [0.25, 0.3) is 5.56 Å². The van der Waals surface area contributed by atoms with E-state index in [-0.39, 0.29) is 11.4 Å². The number of rotatable bonds is 5. The number of thioether (sulfide) groups is 1. The summed E-state index contributed by atoms with van der Waals surface area (Å²) >= 11 is 1.38. The molecule has 0 saturated carbocycles. The summed E-state index contributed by atoms with van der Waals surface area (Å²) in [7, 11) is 0. The Bertz CT molecular complexity index is 1280. The van der Waals surface area contributed by atoms with Gasteiger partial charge in [-0.05, 0) is 30.3 Å². The van der Waals surface area contributed by atoms with Crippen LogP contribution in [0.25, 0.3) is 16.6 Å². The van der Waals surface area contributed by atoms with Gasteiger partial charge in [-0.2, -0.15) is 0 Å². The van der Waals surface area contributed by atoms with Gasteiger partial charge in [0.15, 0.2) is 5.16 Å². The molecule has 1 aliphatic rings. The lowest BCUT2D eigenvalue weighted by Crippen LogP contribution is -2.37. The first kappa shape index (κ1) is 19.7. The molecular formula is C21H19FN6O2S. The largest absolute Gasteiger partial charge is 0.378 e. The molecule has 1 saturated heterocycles. The number of nitrogens with zero attached hydrogens (tertiary/aromatic N) is 5. The molecule has 5 rings (SSSR count). The number of aromatic amines is 1. The van der Waals surface area contributed by atoms with Gasteiger partial charge in [-0.3, -0.25) is 9.36 Å². The Labute approximate surface area is 181 Å². The second-order valence-electron chi connectivity index (χ2n) is 7.02. The van der Waals surface area contributed by atoms with E-state index >= 15 is 0 Å². The van der Waals surface area contributed by atoms with Crippen LogP contribution in [0.1, 0.15) is 5.82 Å². The first-order valence-electron chi connectivity index (χ1n) is 9.84. The molecule has 8 nitrogen and oxygen atoms in total. The zero-order chi connectivity index (χ0) is 21.2. The summed E-state index contributed by atoms with van der Waals surface area (Å²) in [6, 6.07) is 13.5. The molecule has 0 unspecified atom stereocenters. The van der Waals surface area contributed by atoms with Crippen molar-refractivity contribution in [3.63, 3.8) is 0 Å². The molecule has 0 bridgehead atoms. The van der Waals surface area contributed by atoms with Gasteiger partial charge in [-0.15, -0.1) is 10.2 Å². The molecule has 0 atom stereocenters. The summed E-state index contributed by atoms with van der Waals surface area (Å²) in [4.78, 5) is 21.8. The van der Waals surface area contributed by atoms with Crippen molar-refractivity contribution in [1.29, 1.82) is 0 Å². The van der Waals surface area contributed by atoms with E-state index in [4.69, 9.17) is 4.74 Å². The number of benzene rings is 2. The van der Waals surface area contributed by atoms with Crippen LogP contribution in [0.2, 0.25) is 0 Å². The third-order valence-electron chi connectivity index (χ3n) is 4.98. The smallest absolute Gasteiger partial charge is 0.258 e. The van der Waals surface area contributed by atoms with Gasteiger partial charge < -0.3 is 14.6 Å². The topological polar surface area (TPSA) is 88.9 Å². The summed E-state index contributed by atoms with van der Waals surface area (Å²) in [5.41, 5.74) is 1.10. The Balaban J connectivity index is 1.49. The predicted molar refractivity (Wildman–Crippen MR) is 116 cm³/mol. The van der Waals surface area contributed by atoms with E-state index in [1.807, 2.05) is 28.8 Å². The van der Waals surface area contributed by atoms with E-state index in [0.29, 0.717) is 65.6 Å². The lowest BCUT2D eigenvalue weighted by molar-refractivity contribution is 0.122. The van der Waals surface area contributed by atoms with Crippen LogP contribution in [-0.4, -0.2) is 51.0 Å². The highest BCUT2D eigenvalue weighted by Crippen LogP contribution is 2.29. The quantitative estimate of drug-likeness (QED) is 0.479. The molecule has 0 amide bonds. The minimum Gasteiger partial charge on any atom is -0.378 e. The molecule has 3 heterocycles. The Hall–Kier alpha value is -3.24. The van der Waals surface area contributed by atoms with Crippen molar-refractivity contribution in [2.24, 2.45) is 0 Å². The van der Waals surface area contributed by atoms with E-state index in [1.165, 1.54) is 23.9 Å². The summed E-state index contributed by atoms with van der Waals surface area (Å²) in [6.45, 7) is 2.55. The SMILES string of the molecule is O=c1[nH]c(CSc2nnc(N3CCOCC3)n2-c2cccc(F)c2)nc2ccccc12. The van der Waals surface area contributed by atoms with Crippen molar-refractivity contribution in [1.82, 2.24) is 24.7 Å². The second-order valence-corrected chi connectivity index (χ2v) is 7.96. The Morgan fingerprint density at radius 1 is 1.10 bits per heavy atom. The number of ether oxygens (including phenoxy) is 1. The lowest BCUT2D eigenvalue weighted by Gasteiger charge is -2.27. The lowest BCUT2D eigenvalue weighted by atomic mass is 10.2. The number of para-hydroxylation sites is 1. The average molecular weight is 438 g/mol. The summed E-state index contributed by atoms with van der Waals surface area (Å²) in [5, 5.41) is 9.86. The van der Waals surface area contributed by atoms with Crippen LogP contribution in [0, 0.1) is 5.82 Å². The second kappa shape index (κ2) is 8.48. The minimum absolute atomic E-state index is 0.179. The first-order valence-corrected chi connectivity index (χ1v) is 10.8. The van der Waals surface area contributed by atoms with E-state index in [1.54, 1.807) is 12.1 Å². The fraction of sp³-hybridized carbons (Fsp3) is 0.238. The molecule has 0 radical (unpaired) electrons. The van der Waals surface area contributed by atoms with Gasteiger partial charge in [0, 0.05) is 13.1 Å². The third-order valence-corrected chi connectivity index (χ3v) is 5.92. The number of fused-ring (bicyclic) bond motifs is 1. The van der Waals surface area contributed by atoms with Crippen LogP contribution >= 0.6 is 11.8 Å². The Kier molecular flexibility index (Phi) is 5.39. The zero-order valence-corrected chi connectivity index (χ0v) is 17.3. The van der Waals surface area contributed by atoms with Crippen molar-refractivity contribution in [2.75, 3.05) is 31.2 Å². The van der Waals surface area contributed by atoms with Crippen LogP contribution in [0.5, 0.6) is 0 Å². The van der Waals surface area contributed by atoms with Crippen molar-refractivity contribution in [2.45, 2.75) is 10.9 Å². The maximum Gasteiger partial charge on any atom is 0.258 e. The van der Waals surface area contributed by atoms with E-state index in [9.17, 15) is 9.18 Å².